The Balaban J connectivity index is 1.65. The molecule has 0 bridgehead atoms. The van der Waals surface area contributed by atoms with Crippen LogP contribution in [0.3, 0.4) is 0 Å². The van der Waals surface area contributed by atoms with Gasteiger partial charge in [-0.05, 0) is 31.5 Å². The molecule has 0 saturated carbocycles. The number of nitrogens with two attached hydrogens (primary N) is 1. The topological polar surface area (TPSA) is 106 Å². The molecule has 29 heavy (non-hydrogen) atoms. The first-order valence-electron chi connectivity index (χ1n) is 9.61. The number of anilines is 2. The predicted molar refractivity (Wildman–Crippen MR) is 113 cm³/mol. The third-order valence-corrected chi connectivity index (χ3v) is 5.01. The van der Waals surface area contributed by atoms with Gasteiger partial charge in [-0.25, -0.2) is 9.97 Å². The Kier molecular flexibility index (Phi) is 5.02. The van der Waals surface area contributed by atoms with Crippen LogP contribution in [0.25, 0.3) is 11.1 Å². The maximum absolute atomic E-state index is 8.73. The van der Waals surface area contributed by atoms with Gasteiger partial charge in [0, 0.05) is 49.2 Å². The normalized spacial score (nSPS) is 19.3. The lowest BCUT2D eigenvalue weighted by molar-refractivity contribution is -0.00546. The summed E-state index contributed by atoms with van der Waals surface area (Å²) in [4.78, 5) is 10.9. The number of aryl methyl sites for hydroxylation is 1. The molecule has 1 fully saturated rings. The van der Waals surface area contributed by atoms with Crippen molar-refractivity contribution in [2.24, 2.45) is 7.05 Å². The number of nitrogen functional groups attached to an aromatic ring is 1. The van der Waals surface area contributed by atoms with Crippen molar-refractivity contribution in [2.45, 2.75) is 26.1 Å². The summed E-state index contributed by atoms with van der Waals surface area (Å²) in [6.45, 7) is 5.62. The SMILES string of the molecule is CC1CN(c2cc(C(=N)c3cc(-c4cnn(C)c4)ccc3N)ncn2)CC(C)O1. The van der Waals surface area contributed by atoms with Crippen LogP contribution in [0, 0.1) is 5.41 Å². The number of hydrogen-bond donors (Lipinski definition) is 2. The van der Waals surface area contributed by atoms with Crippen LogP contribution in [-0.4, -0.2) is 50.8 Å². The average molecular weight is 391 g/mol. The first-order valence-corrected chi connectivity index (χ1v) is 9.61. The van der Waals surface area contributed by atoms with Crippen LogP contribution in [0.1, 0.15) is 25.1 Å². The second-order valence-corrected chi connectivity index (χ2v) is 7.50. The van der Waals surface area contributed by atoms with E-state index in [0.29, 0.717) is 16.9 Å². The molecule has 2 aromatic heterocycles. The molecule has 3 N–H and O–H groups in total. The monoisotopic (exact) mass is 391 g/mol. The molecule has 1 aliphatic rings. The van der Waals surface area contributed by atoms with E-state index >= 15 is 0 Å². The molecule has 4 rings (SSSR count). The Labute approximate surface area is 169 Å². The van der Waals surface area contributed by atoms with Gasteiger partial charge in [0.1, 0.15) is 12.1 Å². The summed E-state index contributed by atoms with van der Waals surface area (Å²) in [6.07, 6.45) is 5.49. The second-order valence-electron chi connectivity index (χ2n) is 7.50. The molecule has 0 radical (unpaired) electrons. The van der Waals surface area contributed by atoms with Crippen molar-refractivity contribution in [1.29, 1.82) is 5.41 Å². The first-order chi connectivity index (χ1) is 13.9. The number of nitrogens with zero attached hydrogens (tertiary/aromatic N) is 5. The van der Waals surface area contributed by atoms with Crippen molar-refractivity contribution < 1.29 is 4.74 Å². The standard InChI is InChI=1S/C21H25N7O/c1-13-9-28(10-14(2)29-13)20-7-19(24-12-25-20)21(23)17-6-15(4-5-18(17)22)16-8-26-27(3)11-16/h4-8,11-14,23H,9-10,22H2,1-3H3. The molecule has 1 aromatic carbocycles. The number of aromatic nitrogens is 4. The fourth-order valence-corrected chi connectivity index (χ4v) is 3.68. The Morgan fingerprint density at radius 2 is 1.90 bits per heavy atom. The Bertz CT molecular complexity index is 1040. The predicted octanol–water partition coefficient (Wildman–Crippen LogP) is 2.49. The highest BCUT2D eigenvalue weighted by Gasteiger charge is 2.24. The minimum atomic E-state index is 0.128. The zero-order valence-electron chi connectivity index (χ0n) is 16.8. The largest absolute Gasteiger partial charge is 0.398 e. The molecule has 8 heteroatoms. The second kappa shape index (κ2) is 7.63. The van der Waals surface area contributed by atoms with Crippen molar-refractivity contribution in [3.8, 4) is 11.1 Å². The van der Waals surface area contributed by atoms with Crippen molar-refractivity contribution >= 4 is 17.2 Å². The molecule has 0 aliphatic carbocycles. The van der Waals surface area contributed by atoms with Crippen molar-refractivity contribution in [1.82, 2.24) is 19.7 Å². The highest BCUT2D eigenvalue weighted by Crippen LogP contribution is 2.26. The van der Waals surface area contributed by atoms with Crippen molar-refractivity contribution in [3.63, 3.8) is 0 Å². The van der Waals surface area contributed by atoms with Gasteiger partial charge < -0.3 is 15.4 Å². The van der Waals surface area contributed by atoms with Crippen LogP contribution in [-0.2, 0) is 11.8 Å². The maximum atomic E-state index is 8.73. The van der Waals surface area contributed by atoms with Gasteiger partial charge in [0.15, 0.2) is 0 Å². The molecule has 2 atom stereocenters. The van der Waals surface area contributed by atoms with Gasteiger partial charge in [0.05, 0.1) is 29.8 Å². The van der Waals surface area contributed by atoms with Gasteiger partial charge in [0.2, 0.25) is 0 Å². The molecule has 3 aromatic rings. The Morgan fingerprint density at radius 3 is 2.59 bits per heavy atom. The van der Waals surface area contributed by atoms with E-state index < -0.39 is 0 Å². The molecule has 0 amide bonds. The van der Waals surface area contributed by atoms with E-state index in [1.807, 2.05) is 37.5 Å². The lowest BCUT2D eigenvalue weighted by Gasteiger charge is -2.36. The van der Waals surface area contributed by atoms with E-state index in [4.69, 9.17) is 15.9 Å². The van der Waals surface area contributed by atoms with Crippen LogP contribution in [0.2, 0.25) is 0 Å². The summed E-state index contributed by atoms with van der Waals surface area (Å²) < 4.78 is 7.55. The summed E-state index contributed by atoms with van der Waals surface area (Å²) in [6, 6.07) is 7.52. The summed E-state index contributed by atoms with van der Waals surface area (Å²) in [5, 5.41) is 13.0. The maximum Gasteiger partial charge on any atom is 0.132 e. The van der Waals surface area contributed by atoms with E-state index in [1.165, 1.54) is 6.33 Å². The highest BCUT2D eigenvalue weighted by atomic mass is 16.5. The number of morpholine rings is 1. The van der Waals surface area contributed by atoms with Gasteiger partial charge in [-0.1, -0.05) is 6.07 Å². The van der Waals surface area contributed by atoms with Crippen LogP contribution < -0.4 is 10.6 Å². The molecule has 150 valence electrons. The summed E-state index contributed by atoms with van der Waals surface area (Å²) in [7, 11) is 1.87. The molecule has 8 nitrogen and oxygen atoms in total. The van der Waals surface area contributed by atoms with Crippen molar-refractivity contribution in [3.05, 3.63) is 54.2 Å². The van der Waals surface area contributed by atoms with E-state index in [1.54, 1.807) is 10.9 Å². The first kappa shape index (κ1) is 19.1. The van der Waals surface area contributed by atoms with Crippen LogP contribution in [0.15, 0.2) is 43.0 Å². The van der Waals surface area contributed by atoms with Gasteiger partial charge >= 0.3 is 0 Å². The number of benzene rings is 1. The van der Waals surface area contributed by atoms with E-state index in [-0.39, 0.29) is 17.9 Å². The quantitative estimate of drug-likeness (QED) is 0.523. The molecular formula is C21H25N7O. The number of hydrogen-bond acceptors (Lipinski definition) is 7. The molecule has 1 aliphatic heterocycles. The van der Waals surface area contributed by atoms with Crippen LogP contribution >= 0.6 is 0 Å². The lowest BCUT2D eigenvalue weighted by Crippen LogP contribution is -2.45. The fraction of sp³-hybridized carbons (Fsp3) is 0.333. The van der Waals surface area contributed by atoms with Gasteiger partial charge in [-0.15, -0.1) is 0 Å². The average Bonchev–Trinajstić information content (AvgIpc) is 3.13. The third-order valence-electron chi connectivity index (χ3n) is 5.01. The number of rotatable bonds is 4. The molecule has 1 saturated heterocycles. The minimum absolute atomic E-state index is 0.128. The molecule has 0 spiro atoms. The highest BCUT2D eigenvalue weighted by molar-refractivity contribution is 6.13. The molecular weight excluding hydrogens is 366 g/mol. The Hall–Kier alpha value is -3.26. The van der Waals surface area contributed by atoms with Gasteiger partial charge in [0.25, 0.3) is 0 Å². The molecule has 2 unspecified atom stereocenters. The Morgan fingerprint density at radius 1 is 1.14 bits per heavy atom. The number of ether oxygens (including phenoxy) is 1. The molecule has 3 heterocycles. The zero-order valence-corrected chi connectivity index (χ0v) is 16.8. The zero-order chi connectivity index (χ0) is 20.5. The van der Waals surface area contributed by atoms with E-state index in [0.717, 1.165) is 30.0 Å². The van der Waals surface area contributed by atoms with Crippen LogP contribution in [0.4, 0.5) is 11.5 Å². The van der Waals surface area contributed by atoms with Crippen molar-refractivity contribution in [2.75, 3.05) is 23.7 Å². The van der Waals surface area contributed by atoms with Gasteiger partial charge in [-0.2, -0.15) is 5.10 Å². The minimum Gasteiger partial charge on any atom is -0.398 e. The third kappa shape index (κ3) is 3.97. The summed E-state index contributed by atoms with van der Waals surface area (Å²) in [5.41, 5.74) is 10.1. The smallest absolute Gasteiger partial charge is 0.132 e. The van der Waals surface area contributed by atoms with E-state index in [2.05, 4.69) is 33.8 Å². The summed E-state index contributed by atoms with van der Waals surface area (Å²) >= 11 is 0. The van der Waals surface area contributed by atoms with Crippen LogP contribution in [0.5, 0.6) is 0 Å². The van der Waals surface area contributed by atoms with Gasteiger partial charge in [-0.3, -0.25) is 10.1 Å². The van der Waals surface area contributed by atoms with E-state index in [9.17, 15) is 0 Å². The fourth-order valence-electron chi connectivity index (χ4n) is 3.68. The lowest BCUT2D eigenvalue weighted by atomic mass is 9.99. The number of nitrogens with one attached hydrogen (secondary N) is 1. The summed E-state index contributed by atoms with van der Waals surface area (Å²) in [5.74, 6) is 0.795.